The number of carbonyl (C=O) groups excluding carboxylic acids is 1. The Balaban J connectivity index is 1.33. The predicted molar refractivity (Wildman–Crippen MR) is 103 cm³/mol. The molecule has 4 rings (SSSR count). The van der Waals surface area contributed by atoms with E-state index in [4.69, 9.17) is 0 Å². The van der Waals surface area contributed by atoms with E-state index in [-0.39, 0.29) is 12.5 Å². The minimum atomic E-state index is -0.165. The number of nitrogens with one attached hydrogen (secondary N) is 2. The molecule has 3 heterocycles. The molecule has 1 saturated carbocycles. The Labute approximate surface area is 159 Å². The Morgan fingerprint density at radius 2 is 2.19 bits per heavy atom. The van der Waals surface area contributed by atoms with E-state index in [0.29, 0.717) is 24.2 Å². The molecule has 1 aliphatic heterocycles. The zero-order chi connectivity index (χ0) is 18.6. The quantitative estimate of drug-likeness (QED) is 0.696. The summed E-state index contributed by atoms with van der Waals surface area (Å²) in [6.45, 7) is 1.62. The second kappa shape index (κ2) is 8.08. The minimum absolute atomic E-state index is 0.165. The Kier molecular flexibility index (Phi) is 5.38. The van der Waals surface area contributed by atoms with Crippen molar-refractivity contribution in [2.24, 2.45) is 0 Å². The van der Waals surface area contributed by atoms with Crippen molar-refractivity contribution in [3.8, 4) is 0 Å². The summed E-state index contributed by atoms with van der Waals surface area (Å²) in [4.78, 5) is 19.1. The molecule has 1 atom stereocenters. The maximum absolute atomic E-state index is 12.3. The number of aromatic nitrogens is 3. The fourth-order valence-corrected chi connectivity index (χ4v) is 3.77. The van der Waals surface area contributed by atoms with Gasteiger partial charge in [-0.15, -0.1) is 0 Å². The Bertz CT molecular complexity index is 767. The van der Waals surface area contributed by atoms with Crippen molar-refractivity contribution in [2.75, 3.05) is 18.1 Å². The van der Waals surface area contributed by atoms with Crippen LogP contribution in [0.15, 0.2) is 24.4 Å². The van der Waals surface area contributed by atoms with Crippen molar-refractivity contribution in [3.05, 3.63) is 41.3 Å². The topological polar surface area (TPSA) is 94.1 Å². The fraction of sp³-hybridized carbons (Fsp3) is 0.550. The zero-order valence-corrected chi connectivity index (χ0v) is 15.5. The number of rotatable bonds is 7. The number of amides is 1. The molecule has 1 aliphatic carbocycles. The summed E-state index contributed by atoms with van der Waals surface area (Å²) in [6, 6.07) is 6.23. The van der Waals surface area contributed by atoms with Gasteiger partial charge in [0.25, 0.3) is 5.91 Å². The van der Waals surface area contributed by atoms with Crippen molar-refractivity contribution in [1.82, 2.24) is 20.5 Å². The van der Waals surface area contributed by atoms with Crippen molar-refractivity contribution < 1.29 is 9.90 Å². The van der Waals surface area contributed by atoms with Gasteiger partial charge in [0.1, 0.15) is 11.5 Å². The molecule has 2 aromatic rings. The lowest BCUT2D eigenvalue weighted by atomic mass is 9.99. The summed E-state index contributed by atoms with van der Waals surface area (Å²) >= 11 is 0. The molecule has 1 unspecified atom stereocenters. The van der Waals surface area contributed by atoms with Crippen molar-refractivity contribution in [3.63, 3.8) is 0 Å². The van der Waals surface area contributed by atoms with Crippen LogP contribution in [-0.4, -0.2) is 45.4 Å². The van der Waals surface area contributed by atoms with E-state index in [1.54, 1.807) is 0 Å². The van der Waals surface area contributed by atoms with Crippen LogP contribution < -0.4 is 10.2 Å². The van der Waals surface area contributed by atoms with Crippen LogP contribution in [0, 0.1) is 0 Å². The molecule has 0 bridgehead atoms. The Hall–Kier alpha value is -2.41. The second-order valence-electron chi connectivity index (χ2n) is 7.55. The molecule has 0 radical (unpaired) electrons. The lowest BCUT2D eigenvalue weighted by Gasteiger charge is -2.36. The number of piperidine rings is 1. The molecule has 2 aliphatic rings. The highest BCUT2D eigenvalue weighted by atomic mass is 16.3. The third-order valence-electron chi connectivity index (χ3n) is 5.49. The highest BCUT2D eigenvalue weighted by molar-refractivity contribution is 5.92. The van der Waals surface area contributed by atoms with E-state index in [1.165, 1.54) is 19.3 Å². The van der Waals surface area contributed by atoms with Gasteiger partial charge in [-0.25, -0.2) is 4.98 Å². The average molecular weight is 369 g/mol. The molecule has 27 heavy (non-hydrogen) atoms. The van der Waals surface area contributed by atoms with Crippen LogP contribution in [0.4, 0.5) is 5.82 Å². The summed E-state index contributed by atoms with van der Waals surface area (Å²) in [7, 11) is 0. The Morgan fingerprint density at radius 1 is 1.30 bits per heavy atom. The number of aromatic amines is 1. The van der Waals surface area contributed by atoms with Gasteiger partial charge in [-0.05, 0) is 56.2 Å². The molecule has 144 valence electrons. The van der Waals surface area contributed by atoms with Crippen LogP contribution in [0.3, 0.4) is 0 Å². The van der Waals surface area contributed by atoms with E-state index in [9.17, 15) is 9.90 Å². The van der Waals surface area contributed by atoms with Gasteiger partial charge < -0.3 is 15.3 Å². The minimum Gasteiger partial charge on any atom is -0.396 e. The maximum atomic E-state index is 12.3. The van der Waals surface area contributed by atoms with Crippen LogP contribution in [0.5, 0.6) is 0 Å². The number of H-pyrrole nitrogens is 1. The van der Waals surface area contributed by atoms with Gasteiger partial charge in [0.15, 0.2) is 0 Å². The van der Waals surface area contributed by atoms with E-state index in [1.807, 2.05) is 24.4 Å². The average Bonchev–Trinajstić information content (AvgIpc) is 3.44. The van der Waals surface area contributed by atoms with Crippen LogP contribution in [0.25, 0.3) is 0 Å². The van der Waals surface area contributed by atoms with Gasteiger partial charge >= 0.3 is 0 Å². The summed E-state index contributed by atoms with van der Waals surface area (Å²) in [5.41, 5.74) is 2.47. The van der Waals surface area contributed by atoms with Gasteiger partial charge in [0, 0.05) is 43.5 Å². The first-order valence-electron chi connectivity index (χ1n) is 9.90. The number of aliphatic hydroxyl groups excluding tert-OH is 1. The number of hydrogen-bond acceptors (Lipinski definition) is 5. The number of carbonyl (C=O) groups is 1. The van der Waals surface area contributed by atoms with E-state index < -0.39 is 0 Å². The molecule has 1 saturated heterocycles. The normalized spacial score (nSPS) is 19.9. The van der Waals surface area contributed by atoms with Crippen LogP contribution in [0.2, 0.25) is 0 Å². The highest BCUT2D eigenvalue weighted by Gasteiger charge is 2.26. The van der Waals surface area contributed by atoms with Crippen LogP contribution in [-0.2, 0) is 6.54 Å². The molecule has 1 amide bonds. The molecular formula is C20H27N5O2. The smallest absolute Gasteiger partial charge is 0.272 e. The lowest BCUT2D eigenvalue weighted by Crippen LogP contribution is -2.40. The first kappa shape index (κ1) is 18.0. The Morgan fingerprint density at radius 3 is 2.93 bits per heavy atom. The first-order valence-corrected chi connectivity index (χ1v) is 9.90. The van der Waals surface area contributed by atoms with Crippen LogP contribution in [0.1, 0.15) is 66.2 Å². The largest absolute Gasteiger partial charge is 0.396 e. The number of pyridine rings is 1. The van der Waals surface area contributed by atoms with Gasteiger partial charge in [0.05, 0.1) is 0 Å². The van der Waals surface area contributed by atoms with Gasteiger partial charge in [-0.2, -0.15) is 5.10 Å². The number of aliphatic hydroxyl groups is 1. The summed E-state index contributed by atoms with van der Waals surface area (Å²) in [5, 5.41) is 19.3. The maximum Gasteiger partial charge on any atom is 0.272 e. The number of anilines is 1. The molecule has 2 fully saturated rings. The number of nitrogens with zero attached hydrogens (tertiary/aromatic N) is 3. The molecule has 7 heteroatoms. The third-order valence-corrected chi connectivity index (χ3v) is 5.49. The highest BCUT2D eigenvalue weighted by Crippen LogP contribution is 2.38. The molecule has 3 N–H and O–H groups in total. The van der Waals surface area contributed by atoms with E-state index in [2.05, 4.69) is 25.4 Å². The SMILES string of the molecule is O=C(NCc1ccc(N2CCCCC2CCO)nc1)c1cc(C2CC2)[nH]n1. The van der Waals surface area contributed by atoms with Gasteiger partial charge in [0.2, 0.25) is 0 Å². The summed E-state index contributed by atoms with van der Waals surface area (Å²) in [6.07, 6.45) is 8.43. The zero-order valence-electron chi connectivity index (χ0n) is 15.5. The van der Waals surface area contributed by atoms with Crippen molar-refractivity contribution in [1.29, 1.82) is 0 Å². The summed E-state index contributed by atoms with van der Waals surface area (Å²) in [5.74, 6) is 1.34. The molecule has 7 nitrogen and oxygen atoms in total. The molecule has 2 aromatic heterocycles. The van der Waals surface area contributed by atoms with Crippen LogP contribution >= 0.6 is 0 Å². The first-order chi connectivity index (χ1) is 13.2. The van der Waals surface area contributed by atoms with Crippen molar-refractivity contribution >= 4 is 11.7 Å². The summed E-state index contributed by atoms with van der Waals surface area (Å²) < 4.78 is 0. The lowest BCUT2D eigenvalue weighted by molar-refractivity contribution is 0.0946. The molecule has 0 aromatic carbocycles. The van der Waals surface area contributed by atoms with E-state index in [0.717, 1.165) is 42.9 Å². The van der Waals surface area contributed by atoms with Crippen molar-refractivity contribution in [2.45, 2.75) is 57.0 Å². The molecule has 0 spiro atoms. The standard InChI is InChI=1S/C20H27N5O2/c26-10-8-16-3-1-2-9-25(16)19-7-4-14(12-21-19)13-22-20(27)18-11-17(23-24-18)15-5-6-15/h4,7,11-12,15-16,26H,1-3,5-6,8-10,13H2,(H,22,27)(H,23,24). The monoisotopic (exact) mass is 369 g/mol. The predicted octanol–water partition coefficient (Wildman–Crippen LogP) is 2.35. The number of hydrogen-bond donors (Lipinski definition) is 3. The second-order valence-corrected chi connectivity index (χ2v) is 7.55. The van der Waals surface area contributed by atoms with Gasteiger partial charge in [-0.1, -0.05) is 6.07 Å². The van der Waals surface area contributed by atoms with E-state index >= 15 is 0 Å². The van der Waals surface area contributed by atoms with Gasteiger partial charge in [-0.3, -0.25) is 9.89 Å². The fourth-order valence-electron chi connectivity index (χ4n) is 3.77. The third kappa shape index (κ3) is 4.30. The molecular weight excluding hydrogens is 342 g/mol.